The van der Waals surface area contributed by atoms with Gasteiger partial charge in [-0.1, -0.05) is 6.07 Å². The number of ether oxygens (including phenoxy) is 3. The first-order chi connectivity index (χ1) is 17.5. The minimum absolute atomic E-state index is 0.270. The fraction of sp³-hybridized carbons (Fsp3) is 0.417. The maximum atomic E-state index is 13.3. The number of nitrogens with zero attached hydrogens (tertiary/aromatic N) is 5. The van der Waals surface area contributed by atoms with Crippen LogP contribution >= 0.6 is 15.9 Å². The van der Waals surface area contributed by atoms with Crippen molar-refractivity contribution in [3.63, 3.8) is 0 Å². The van der Waals surface area contributed by atoms with Gasteiger partial charge in [0.15, 0.2) is 0 Å². The fourth-order valence-corrected chi connectivity index (χ4v) is 4.93. The second kappa shape index (κ2) is 10.5. The number of para-hydroxylation sites is 1. The number of pyridine rings is 1. The van der Waals surface area contributed by atoms with E-state index in [-0.39, 0.29) is 12.5 Å². The Morgan fingerprint density at radius 3 is 2.89 bits per heavy atom. The van der Waals surface area contributed by atoms with E-state index in [9.17, 15) is 4.79 Å². The molecule has 11 nitrogen and oxygen atoms in total. The number of anilines is 1. The second-order valence-electron chi connectivity index (χ2n) is 8.63. The van der Waals surface area contributed by atoms with Crippen LogP contribution in [0.2, 0.25) is 0 Å². The lowest BCUT2D eigenvalue weighted by atomic mass is 10.1. The van der Waals surface area contributed by atoms with Crippen molar-refractivity contribution in [3.8, 4) is 5.75 Å². The predicted octanol–water partition coefficient (Wildman–Crippen LogP) is 1.99. The van der Waals surface area contributed by atoms with Crippen LogP contribution in [0, 0.1) is 0 Å². The number of amidine groups is 1. The summed E-state index contributed by atoms with van der Waals surface area (Å²) in [6.45, 7) is 4.86. The third kappa shape index (κ3) is 5.07. The summed E-state index contributed by atoms with van der Waals surface area (Å²) in [5, 5.41) is 3.00. The van der Waals surface area contributed by atoms with Gasteiger partial charge in [-0.25, -0.2) is 15.0 Å². The van der Waals surface area contributed by atoms with Gasteiger partial charge in [0.2, 0.25) is 0 Å². The number of nitrogens with one attached hydrogen (secondary N) is 1. The van der Waals surface area contributed by atoms with Crippen LogP contribution in [0.15, 0.2) is 44.9 Å². The minimum Gasteiger partial charge on any atom is -0.494 e. The average Bonchev–Trinajstić information content (AvgIpc) is 3.25. The van der Waals surface area contributed by atoms with Crippen molar-refractivity contribution in [1.82, 2.24) is 20.1 Å². The highest BCUT2D eigenvalue weighted by atomic mass is 79.9. The first kappa shape index (κ1) is 24.6. The Morgan fingerprint density at radius 1 is 1.28 bits per heavy atom. The Hall–Kier alpha value is -3.06. The molecule has 1 fully saturated rings. The molecule has 1 saturated heterocycles. The average molecular weight is 558 g/mol. The highest BCUT2D eigenvalue weighted by Crippen LogP contribution is 2.37. The molecule has 4 heterocycles. The van der Waals surface area contributed by atoms with Gasteiger partial charge in [0.25, 0.3) is 11.8 Å². The molecule has 0 saturated carbocycles. The van der Waals surface area contributed by atoms with Crippen molar-refractivity contribution in [2.75, 3.05) is 58.8 Å². The van der Waals surface area contributed by atoms with E-state index in [0.29, 0.717) is 39.9 Å². The lowest BCUT2D eigenvalue weighted by molar-refractivity contribution is -0.0580. The molecule has 1 amide bonds. The van der Waals surface area contributed by atoms with Gasteiger partial charge in [0, 0.05) is 25.2 Å². The molecule has 0 aliphatic carbocycles. The fourth-order valence-electron chi connectivity index (χ4n) is 4.41. The highest BCUT2D eigenvalue weighted by molar-refractivity contribution is 9.10. The zero-order chi connectivity index (χ0) is 25.1. The van der Waals surface area contributed by atoms with Crippen molar-refractivity contribution in [3.05, 3.63) is 46.1 Å². The van der Waals surface area contributed by atoms with Crippen molar-refractivity contribution < 1.29 is 19.0 Å². The number of carbonyl (C=O) groups excluding carboxylic acids is 1. The largest absolute Gasteiger partial charge is 0.494 e. The molecule has 0 bridgehead atoms. The van der Waals surface area contributed by atoms with Crippen LogP contribution in [0.3, 0.4) is 0 Å². The van der Waals surface area contributed by atoms with E-state index in [1.54, 1.807) is 25.6 Å². The van der Waals surface area contributed by atoms with Gasteiger partial charge in [0.05, 0.1) is 45.4 Å². The van der Waals surface area contributed by atoms with E-state index in [1.807, 2.05) is 23.1 Å². The Bertz CT molecular complexity index is 1200. The standard InChI is InChI=1S/C24H28BrN7O4/c1-34-18-5-2-4-16-20(18)27-15-32-14-24(29-22(16)32,36-11-3-8-31-9-12-35-13-10-31)30-23(33)17-6-7-19(26)28-21(17)25/h2,4-7,15H,3,8-14H2,1H3,(H2,26,28)(H,30,33). The maximum absolute atomic E-state index is 13.3. The van der Waals surface area contributed by atoms with Gasteiger partial charge >= 0.3 is 0 Å². The zero-order valence-corrected chi connectivity index (χ0v) is 21.5. The third-order valence-electron chi connectivity index (χ3n) is 6.22. The lowest BCUT2D eigenvalue weighted by Crippen LogP contribution is -2.53. The molecule has 5 rings (SSSR count). The quantitative estimate of drug-likeness (QED) is 0.286. The molecule has 0 spiro atoms. The molecule has 1 aromatic carbocycles. The Morgan fingerprint density at radius 2 is 2.11 bits per heavy atom. The number of rotatable bonds is 8. The highest BCUT2D eigenvalue weighted by Gasteiger charge is 2.44. The Balaban J connectivity index is 1.39. The molecular weight excluding hydrogens is 530 g/mol. The molecule has 3 aliphatic heterocycles. The van der Waals surface area contributed by atoms with E-state index in [4.69, 9.17) is 24.9 Å². The Labute approximate surface area is 217 Å². The molecular formula is C24H28BrN7O4. The van der Waals surface area contributed by atoms with Crippen LogP contribution in [0.1, 0.15) is 22.3 Å². The molecule has 0 radical (unpaired) electrons. The predicted molar refractivity (Wildman–Crippen MR) is 139 cm³/mol. The smallest absolute Gasteiger partial charge is 0.259 e. The summed E-state index contributed by atoms with van der Waals surface area (Å²) in [6.07, 6.45) is 2.48. The van der Waals surface area contributed by atoms with E-state index in [2.05, 4.69) is 36.1 Å². The summed E-state index contributed by atoms with van der Waals surface area (Å²) in [4.78, 5) is 31.1. The number of aliphatic imine (C=N–C) groups is 2. The molecule has 1 aromatic heterocycles. The van der Waals surface area contributed by atoms with Gasteiger partial charge in [-0.15, -0.1) is 0 Å². The molecule has 1 atom stereocenters. The molecule has 3 N–H and O–H groups in total. The number of methoxy groups -OCH3 is 1. The van der Waals surface area contributed by atoms with Crippen LogP contribution in [0.5, 0.6) is 5.75 Å². The van der Waals surface area contributed by atoms with Crippen molar-refractivity contribution in [1.29, 1.82) is 0 Å². The van der Waals surface area contributed by atoms with Gasteiger partial charge in [-0.3, -0.25) is 9.69 Å². The monoisotopic (exact) mass is 557 g/mol. The SMILES string of the molecule is COc1cccc2c1N=CN1CC(NC(=O)c3ccc(N)nc3Br)(OCCCN3CCOCC3)N=C21. The van der Waals surface area contributed by atoms with Gasteiger partial charge in [-0.05, 0) is 46.6 Å². The maximum Gasteiger partial charge on any atom is 0.259 e. The first-order valence-corrected chi connectivity index (χ1v) is 12.5. The van der Waals surface area contributed by atoms with Crippen molar-refractivity contribution in [2.24, 2.45) is 9.98 Å². The number of fused-ring (bicyclic) bond motifs is 3. The van der Waals surface area contributed by atoms with E-state index in [0.717, 1.165) is 44.8 Å². The van der Waals surface area contributed by atoms with Gasteiger partial charge in [-0.2, -0.15) is 0 Å². The number of benzene rings is 1. The molecule has 1 unspecified atom stereocenters. The lowest BCUT2D eigenvalue weighted by Gasteiger charge is -2.30. The summed E-state index contributed by atoms with van der Waals surface area (Å²) in [7, 11) is 1.61. The van der Waals surface area contributed by atoms with Crippen LogP contribution in [-0.4, -0.2) is 91.8 Å². The van der Waals surface area contributed by atoms with Gasteiger partial charge < -0.3 is 30.2 Å². The van der Waals surface area contributed by atoms with Crippen LogP contribution in [0.25, 0.3) is 0 Å². The van der Waals surface area contributed by atoms with Crippen LogP contribution in [-0.2, 0) is 9.47 Å². The Kier molecular flexibility index (Phi) is 7.19. The van der Waals surface area contributed by atoms with Crippen molar-refractivity contribution in [2.45, 2.75) is 12.3 Å². The van der Waals surface area contributed by atoms with Crippen LogP contribution < -0.4 is 15.8 Å². The first-order valence-electron chi connectivity index (χ1n) is 11.7. The molecule has 190 valence electrons. The van der Waals surface area contributed by atoms with Crippen LogP contribution in [0.4, 0.5) is 11.5 Å². The summed E-state index contributed by atoms with van der Waals surface area (Å²) in [6, 6.07) is 8.86. The van der Waals surface area contributed by atoms with E-state index in [1.165, 1.54) is 0 Å². The topological polar surface area (TPSA) is 127 Å². The van der Waals surface area contributed by atoms with Gasteiger partial charge in [0.1, 0.15) is 27.7 Å². The number of nitrogen functional groups attached to an aromatic ring is 1. The molecule has 12 heteroatoms. The normalized spacial score (nSPS) is 21.1. The van der Waals surface area contributed by atoms with E-state index < -0.39 is 5.85 Å². The molecule has 2 aromatic rings. The number of halogens is 1. The number of amides is 1. The zero-order valence-electron chi connectivity index (χ0n) is 19.9. The summed E-state index contributed by atoms with van der Waals surface area (Å²) in [5.41, 5.74) is 7.58. The molecule has 3 aliphatic rings. The molecule has 36 heavy (non-hydrogen) atoms. The summed E-state index contributed by atoms with van der Waals surface area (Å²) in [5.74, 6) is -0.0746. The van der Waals surface area contributed by atoms with Crippen molar-refractivity contribution >= 4 is 45.5 Å². The number of nitrogens with two attached hydrogens (primary N) is 1. The summed E-state index contributed by atoms with van der Waals surface area (Å²) < 4.78 is 17.6. The third-order valence-corrected chi connectivity index (χ3v) is 6.82. The number of morpholine rings is 1. The number of hydrogen-bond acceptors (Lipinski definition) is 10. The number of carbonyl (C=O) groups is 1. The number of aromatic nitrogens is 1. The second-order valence-corrected chi connectivity index (χ2v) is 9.38. The minimum atomic E-state index is -1.31. The number of hydrogen-bond donors (Lipinski definition) is 2. The summed E-state index contributed by atoms with van der Waals surface area (Å²) >= 11 is 3.33. The van der Waals surface area contributed by atoms with E-state index >= 15 is 0 Å².